The molecular formula is C23H29BrN2O2. The Morgan fingerprint density at radius 1 is 1.07 bits per heavy atom. The molecule has 0 saturated carbocycles. The summed E-state index contributed by atoms with van der Waals surface area (Å²) in [5, 5.41) is 2.99. The molecule has 2 amide bonds. The smallest absolute Gasteiger partial charge is 0.242 e. The molecule has 0 saturated heterocycles. The van der Waals surface area contributed by atoms with Crippen molar-refractivity contribution in [3.05, 3.63) is 69.7 Å². The van der Waals surface area contributed by atoms with Crippen LogP contribution in [0.15, 0.2) is 53.0 Å². The first-order chi connectivity index (χ1) is 13.3. The minimum atomic E-state index is -0.546. The van der Waals surface area contributed by atoms with Gasteiger partial charge in [-0.15, -0.1) is 0 Å². The summed E-state index contributed by atoms with van der Waals surface area (Å²) in [6.45, 7) is 8.20. The highest BCUT2D eigenvalue weighted by molar-refractivity contribution is 9.10. The van der Waals surface area contributed by atoms with Crippen LogP contribution in [-0.2, 0) is 22.6 Å². The van der Waals surface area contributed by atoms with Gasteiger partial charge in [0, 0.05) is 17.1 Å². The molecule has 0 fully saturated rings. The molecule has 2 aromatic carbocycles. The highest BCUT2D eigenvalue weighted by atomic mass is 79.9. The van der Waals surface area contributed by atoms with Crippen LogP contribution in [0.4, 0.5) is 0 Å². The summed E-state index contributed by atoms with van der Waals surface area (Å²) in [5.41, 5.74) is 3.07. The largest absolute Gasteiger partial charge is 0.352 e. The number of carbonyl (C=O) groups is 2. The Bertz CT molecular complexity index is 805. The second kappa shape index (κ2) is 10.4. The number of rotatable bonds is 8. The van der Waals surface area contributed by atoms with Crippen LogP contribution < -0.4 is 5.32 Å². The summed E-state index contributed by atoms with van der Waals surface area (Å²) in [6, 6.07) is 15.3. The molecule has 0 aliphatic carbocycles. The first kappa shape index (κ1) is 22.2. The number of hydrogen-bond acceptors (Lipinski definition) is 2. The summed E-state index contributed by atoms with van der Waals surface area (Å²) in [6.07, 6.45) is 1.13. The molecule has 2 rings (SSSR count). The van der Waals surface area contributed by atoms with Crippen LogP contribution in [0.5, 0.6) is 0 Å². The van der Waals surface area contributed by atoms with Gasteiger partial charge in [-0.3, -0.25) is 9.59 Å². The summed E-state index contributed by atoms with van der Waals surface area (Å²) in [4.78, 5) is 27.5. The van der Waals surface area contributed by atoms with Crippen molar-refractivity contribution in [2.24, 2.45) is 0 Å². The zero-order valence-corrected chi connectivity index (χ0v) is 18.6. The number of carbonyl (C=O) groups excluding carboxylic acids is 2. The molecule has 2 atom stereocenters. The van der Waals surface area contributed by atoms with Crippen LogP contribution in [0.25, 0.3) is 0 Å². The second-order valence-electron chi connectivity index (χ2n) is 7.31. The maximum absolute atomic E-state index is 13.1. The number of amides is 2. The molecule has 0 aliphatic heterocycles. The normalized spacial score (nSPS) is 12.9. The van der Waals surface area contributed by atoms with E-state index in [-0.39, 0.29) is 24.3 Å². The fraction of sp³-hybridized carbons (Fsp3) is 0.391. The van der Waals surface area contributed by atoms with Crippen LogP contribution in [0.1, 0.15) is 43.9 Å². The second-order valence-corrected chi connectivity index (χ2v) is 8.22. The van der Waals surface area contributed by atoms with Crippen molar-refractivity contribution in [2.45, 2.75) is 59.2 Å². The van der Waals surface area contributed by atoms with E-state index < -0.39 is 6.04 Å². The standard InChI is InChI=1S/C23H29BrN2O2/c1-5-17(3)25-23(28)18(4)26(15-19-9-11-21(24)12-10-19)22(27)14-20-8-6-7-16(2)13-20/h6-13,17-18H,5,14-15H2,1-4H3,(H,25,28)/t17-,18+/m1/s1. The Labute approximate surface area is 176 Å². The van der Waals surface area contributed by atoms with Crippen molar-refractivity contribution in [1.29, 1.82) is 0 Å². The number of benzene rings is 2. The van der Waals surface area contributed by atoms with E-state index in [9.17, 15) is 9.59 Å². The quantitative estimate of drug-likeness (QED) is 0.644. The molecule has 0 bridgehead atoms. The Balaban J connectivity index is 2.22. The average molecular weight is 445 g/mol. The molecule has 5 heteroatoms. The van der Waals surface area contributed by atoms with Gasteiger partial charge in [-0.1, -0.05) is 64.8 Å². The van der Waals surface area contributed by atoms with E-state index in [1.54, 1.807) is 11.8 Å². The predicted octanol–water partition coefficient (Wildman–Crippen LogP) is 4.63. The Morgan fingerprint density at radius 2 is 1.75 bits per heavy atom. The van der Waals surface area contributed by atoms with Gasteiger partial charge in [0.25, 0.3) is 0 Å². The number of nitrogens with zero attached hydrogens (tertiary/aromatic N) is 1. The van der Waals surface area contributed by atoms with Crippen molar-refractivity contribution in [3.63, 3.8) is 0 Å². The van der Waals surface area contributed by atoms with Crippen LogP contribution in [0.2, 0.25) is 0 Å². The first-order valence-corrected chi connectivity index (χ1v) is 10.5. The fourth-order valence-corrected chi connectivity index (χ4v) is 3.20. The van der Waals surface area contributed by atoms with Crippen LogP contribution in [0, 0.1) is 6.92 Å². The van der Waals surface area contributed by atoms with Gasteiger partial charge in [0.15, 0.2) is 0 Å². The lowest BCUT2D eigenvalue weighted by Gasteiger charge is -2.30. The maximum Gasteiger partial charge on any atom is 0.242 e. The van der Waals surface area contributed by atoms with E-state index in [1.807, 2.05) is 69.3 Å². The van der Waals surface area contributed by atoms with Crippen molar-refractivity contribution >= 4 is 27.7 Å². The van der Waals surface area contributed by atoms with Gasteiger partial charge in [0.2, 0.25) is 11.8 Å². The van der Waals surface area contributed by atoms with Gasteiger partial charge in [-0.05, 0) is 50.5 Å². The molecule has 0 aliphatic rings. The van der Waals surface area contributed by atoms with E-state index >= 15 is 0 Å². The summed E-state index contributed by atoms with van der Waals surface area (Å²) < 4.78 is 0.983. The topological polar surface area (TPSA) is 49.4 Å². The number of hydrogen-bond donors (Lipinski definition) is 1. The zero-order valence-electron chi connectivity index (χ0n) is 17.0. The summed E-state index contributed by atoms with van der Waals surface area (Å²) in [7, 11) is 0. The number of nitrogens with one attached hydrogen (secondary N) is 1. The Hall–Kier alpha value is -2.14. The molecule has 0 aromatic heterocycles. The molecule has 28 heavy (non-hydrogen) atoms. The van der Waals surface area contributed by atoms with Gasteiger partial charge < -0.3 is 10.2 Å². The molecule has 1 N–H and O–H groups in total. The van der Waals surface area contributed by atoms with Gasteiger partial charge in [-0.2, -0.15) is 0 Å². The molecule has 4 nitrogen and oxygen atoms in total. The predicted molar refractivity (Wildman–Crippen MR) is 117 cm³/mol. The molecule has 0 spiro atoms. The lowest BCUT2D eigenvalue weighted by Crippen LogP contribution is -2.49. The maximum atomic E-state index is 13.1. The van der Waals surface area contributed by atoms with Crippen LogP contribution >= 0.6 is 15.9 Å². The molecule has 0 radical (unpaired) electrons. The number of halogens is 1. The number of aryl methyl sites for hydroxylation is 1. The van der Waals surface area contributed by atoms with Gasteiger partial charge in [0.1, 0.15) is 6.04 Å². The first-order valence-electron chi connectivity index (χ1n) is 9.70. The monoisotopic (exact) mass is 444 g/mol. The molecule has 150 valence electrons. The third kappa shape index (κ3) is 6.48. The fourth-order valence-electron chi connectivity index (χ4n) is 2.93. The summed E-state index contributed by atoms with van der Waals surface area (Å²) in [5.74, 6) is -0.177. The molecular weight excluding hydrogens is 416 g/mol. The van der Waals surface area contributed by atoms with Crippen molar-refractivity contribution < 1.29 is 9.59 Å². The molecule has 2 aromatic rings. The third-order valence-corrected chi connectivity index (χ3v) is 5.40. The Morgan fingerprint density at radius 3 is 2.36 bits per heavy atom. The van der Waals surface area contributed by atoms with Gasteiger partial charge in [-0.25, -0.2) is 0 Å². The highest BCUT2D eigenvalue weighted by Gasteiger charge is 2.26. The molecule has 0 unspecified atom stereocenters. The third-order valence-electron chi connectivity index (χ3n) is 4.87. The lowest BCUT2D eigenvalue weighted by molar-refractivity contribution is -0.140. The zero-order chi connectivity index (χ0) is 20.7. The minimum Gasteiger partial charge on any atom is -0.352 e. The van der Waals surface area contributed by atoms with Crippen molar-refractivity contribution in [3.8, 4) is 0 Å². The van der Waals surface area contributed by atoms with Gasteiger partial charge in [0.05, 0.1) is 6.42 Å². The highest BCUT2D eigenvalue weighted by Crippen LogP contribution is 2.16. The lowest BCUT2D eigenvalue weighted by atomic mass is 10.1. The van der Waals surface area contributed by atoms with E-state index in [2.05, 4.69) is 21.2 Å². The van der Waals surface area contributed by atoms with Gasteiger partial charge >= 0.3 is 0 Å². The molecule has 0 heterocycles. The SMILES string of the molecule is CC[C@@H](C)NC(=O)[C@H](C)N(Cc1ccc(Br)cc1)C(=O)Cc1cccc(C)c1. The van der Waals surface area contributed by atoms with Crippen LogP contribution in [0.3, 0.4) is 0 Å². The van der Waals surface area contributed by atoms with Crippen LogP contribution in [-0.4, -0.2) is 28.8 Å². The summed E-state index contributed by atoms with van der Waals surface area (Å²) >= 11 is 3.43. The average Bonchev–Trinajstić information content (AvgIpc) is 2.66. The Kier molecular flexibility index (Phi) is 8.24. The van der Waals surface area contributed by atoms with E-state index in [4.69, 9.17) is 0 Å². The van der Waals surface area contributed by atoms with E-state index in [1.165, 1.54) is 0 Å². The van der Waals surface area contributed by atoms with Crippen molar-refractivity contribution in [1.82, 2.24) is 10.2 Å². The van der Waals surface area contributed by atoms with E-state index in [0.717, 1.165) is 27.6 Å². The van der Waals surface area contributed by atoms with Crippen molar-refractivity contribution in [2.75, 3.05) is 0 Å². The van der Waals surface area contributed by atoms with E-state index in [0.29, 0.717) is 6.54 Å². The minimum absolute atomic E-state index is 0.0553.